The van der Waals surface area contributed by atoms with E-state index in [1.54, 1.807) is 0 Å². The van der Waals surface area contributed by atoms with E-state index in [-0.39, 0.29) is 13.4 Å². The van der Waals surface area contributed by atoms with Crippen LogP contribution in [-0.4, -0.2) is 13.4 Å². The Balaban J connectivity index is 1.26. The van der Waals surface area contributed by atoms with Crippen LogP contribution >= 0.6 is 34.0 Å². The van der Waals surface area contributed by atoms with Crippen LogP contribution in [0.5, 0.6) is 0 Å². The van der Waals surface area contributed by atoms with Crippen molar-refractivity contribution in [2.45, 2.75) is 62.3 Å². The summed E-state index contributed by atoms with van der Waals surface area (Å²) < 4.78 is 2.80. The molecule has 0 aliphatic rings. The van der Waals surface area contributed by atoms with Gasteiger partial charge in [0.1, 0.15) is 0 Å². The summed E-state index contributed by atoms with van der Waals surface area (Å²) in [6, 6.07) is 39.2. The van der Waals surface area contributed by atoms with E-state index >= 15 is 0 Å². The van der Waals surface area contributed by atoms with Gasteiger partial charge in [0, 0.05) is 19.5 Å². The number of hydrogen-bond donors (Lipinski definition) is 0. The molecule has 0 aliphatic carbocycles. The van der Waals surface area contributed by atoms with Gasteiger partial charge in [-0.1, -0.05) is 151 Å². The Morgan fingerprint density at radius 1 is 0.340 bits per heavy atom. The topological polar surface area (TPSA) is 0 Å². The van der Waals surface area contributed by atoms with Crippen molar-refractivity contribution in [2.75, 3.05) is 0 Å². The zero-order chi connectivity index (χ0) is 35.3. The van der Waals surface area contributed by atoms with E-state index in [0.29, 0.717) is 0 Å². The first-order valence-electron chi connectivity index (χ1n) is 17.6. The lowest BCUT2D eigenvalue weighted by Crippen LogP contribution is -2.54. The van der Waals surface area contributed by atoms with Crippen LogP contribution < -0.4 is 31.4 Å². The van der Waals surface area contributed by atoms with Crippen molar-refractivity contribution in [1.29, 1.82) is 0 Å². The van der Waals surface area contributed by atoms with E-state index < -0.39 is 0 Å². The fourth-order valence-electron chi connectivity index (χ4n) is 8.37. The Bertz CT molecular complexity index is 2210. The molecule has 0 unspecified atom stereocenters. The maximum atomic E-state index is 2.39. The van der Waals surface area contributed by atoms with Gasteiger partial charge in [-0.05, 0) is 96.1 Å². The van der Waals surface area contributed by atoms with Crippen LogP contribution in [0.25, 0.3) is 19.5 Å². The van der Waals surface area contributed by atoms with Gasteiger partial charge in [0.2, 0.25) is 0 Å². The van der Waals surface area contributed by atoms with Gasteiger partial charge in [0.05, 0.1) is 0 Å². The molecule has 248 valence electrons. The second-order valence-corrected chi connectivity index (χ2v) is 17.6. The standard InChI is InChI=1S/C45H44B2S3/c1-27-21-30(4)43(31(5)22-27)46(36-13-11-10-12-14-36)41-19-17-39(49-41)37-15-16-38(48-37)40-18-20-42(50-40)47(44-32(6)23-28(2)24-33(44)7)45-34(8)25-29(3)26-35(45)9/h10-26H,1-9H3. The molecule has 0 saturated heterocycles. The van der Waals surface area contributed by atoms with Gasteiger partial charge in [-0.3, -0.25) is 0 Å². The highest BCUT2D eigenvalue weighted by molar-refractivity contribution is 7.34. The van der Waals surface area contributed by atoms with Crippen molar-refractivity contribution >= 4 is 78.8 Å². The molecular weight excluding hydrogens is 658 g/mol. The van der Waals surface area contributed by atoms with E-state index in [2.05, 4.69) is 165 Å². The Morgan fingerprint density at radius 3 is 1.06 bits per heavy atom. The molecule has 7 aromatic rings. The molecule has 0 aliphatic heterocycles. The van der Waals surface area contributed by atoms with Crippen LogP contribution in [0.1, 0.15) is 50.1 Å². The van der Waals surface area contributed by atoms with Crippen LogP contribution in [0.2, 0.25) is 0 Å². The van der Waals surface area contributed by atoms with E-state index in [1.165, 1.54) is 101 Å². The van der Waals surface area contributed by atoms with Gasteiger partial charge in [-0.2, -0.15) is 0 Å². The summed E-state index contributed by atoms with van der Waals surface area (Å²) in [6.07, 6.45) is 0. The first-order chi connectivity index (χ1) is 24.0. The molecule has 0 amide bonds. The molecule has 50 heavy (non-hydrogen) atoms. The first kappa shape index (κ1) is 34.6. The molecule has 4 aromatic carbocycles. The predicted octanol–water partition coefficient (Wildman–Crippen LogP) is 9.01. The molecule has 0 N–H and O–H groups in total. The van der Waals surface area contributed by atoms with E-state index in [1.807, 2.05) is 34.0 Å². The van der Waals surface area contributed by atoms with Crippen LogP contribution in [0.3, 0.4) is 0 Å². The summed E-state index contributed by atoms with van der Waals surface area (Å²) in [5.41, 5.74) is 17.9. The average Bonchev–Trinajstić information content (AvgIpc) is 3.83. The molecule has 0 nitrogen and oxygen atoms in total. The molecule has 5 heteroatoms. The minimum Gasteiger partial charge on any atom is -0.148 e. The molecule has 0 fully saturated rings. The van der Waals surface area contributed by atoms with Gasteiger partial charge in [-0.25, -0.2) is 0 Å². The molecule has 3 aromatic heterocycles. The van der Waals surface area contributed by atoms with Gasteiger partial charge >= 0.3 is 0 Å². The maximum absolute atomic E-state index is 2.39. The van der Waals surface area contributed by atoms with Crippen molar-refractivity contribution in [1.82, 2.24) is 0 Å². The number of aryl methyl sites for hydroxylation is 9. The maximum Gasteiger partial charge on any atom is 0.255 e. The van der Waals surface area contributed by atoms with E-state index in [4.69, 9.17) is 0 Å². The second kappa shape index (κ2) is 14.0. The summed E-state index contributed by atoms with van der Waals surface area (Å²) in [7, 11) is 0. The van der Waals surface area contributed by atoms with Crippen LogP contribution in [0.15, 0.2) is 103 Å². The SMILES string of the molecule is Cc1cc(C)c(B(c2ccccc2)c2ccc(-c3ccc(-c4ccc(B(c5c(C)cc(C)cc5C)c5c(C)cc(C)cc5C)s4)s3)s2)c(C)c1. The molecule has 7 rings (SSSR count). The molecule has 0 bridgehead atoms. The summed E-state index contributed by atoms with van der Waals surface area (Å²) in [5, 5.41) is 0. The third-order valence-corrected chi connectivity index (χ3v) is 13.9. The largest absolute Gasteiger partial charge is 0.255 e. The number of hydrogen-bond acceptors (Lipinski definition) is 3. The molecular formula is C45H44B2S3. The quantitative estimate of drug-likeness (QED) is 0.139. The summed E-state index contributed by atoms with van der Waals surface area (Å²) in [5.74, 6) is 0. The van der Waals surface area contributed by atoms with E-state index in [0.717, 1.165) is 0 Å². The summed E-state index contributed by atoms with van der Waals surface area (Å²) in [6.45, 7) is 20.8. The highest BCUT2D eigenvalue weighted by Crippen LogP contribution is 2.38. The monoisotopic (exact) mass is 702 g/mol. The van der Waals surface area contributed by atoms with Crippen molar-refractivity contribution in [3.05, 3.63) is 153 Å². The minimum absolute atomic E-state index is 0.206. The van der Waals surface area contributed by atoms with Crippen molar-refractivity contribution in [3.8, 4) is 19.5 Å². The van der Waals surface area contributed by atoms with Crippen molar-refractivity contribution in [3.63, 3.8) is 0 Å². The Hall–Kier alpha value is -3.89. The van der Waals surface area contributed by atoms with Crippen LogP contribution in [0.4, 0.5) is 0 Å². The molecule has 0 radical (unpaired) electrons. The molecule has 0 spiro atoms. The average molecular weight is 703 g/mol. The summed E-state index contributed by atoms with van der Waals surface area (Å²) >= 11 is 5.82. The lowest BCUT2D eigenvalue weighted by molar-refractivity contribution is 1.34. The van der Waals surface area contributed by atoms with Gasteiger partial charge < -0.3 is 0 Å². The van der Waals surface area contributed by atoms with Crippen LogP contribution in [0, 0.1) is 62.3 Å². The Kier molecular flexibility index (Phi) is 9.69. The first-order valence-corrected chi connectivity index (χ1v) is 20.0. The zero-order valence-corrected chi connectivity index (χ0v) is 33.1. The lowest BCUT2D eigenvalue weighted by atomic mass is 9.37. The lowest BCUT2D eigenvalue weighted by Gasteiger charge is -2.23. The molecule has 3 heterocycles. The van der Waals surface area contributed by atoms with Crippen molar-refractivity contribution in [2.24, 2.45) is 0 Å². The van der Waals surface area contributed by atoms with Crippen molar-refractivity contribution < 1.29 is 0 Å². The van der Waals surface area contributed by atoms with Gasteiger partial charge in [0.15, 0.2) is 0 Å². The van der Waals surface area contributed by atoms with Gasteiger partial charge in [0.25, 0.3) is 13.4 Å². The fraction of sp³-hybridized carbons (Fsp3) is 0.200. The molecule has 0 saturated carbocycles. The zero-order valence-electron chi connectivity index (χ0n) is 30.7. The number of benzene rings is 4. The fourth-order valence-corrected chi connectivity index (χ4v) is 11.8. The summed E-state index contributed by atoms with van der Waals surface area (Å²) in [4.78, 5) is 5.36. The third-order valence-electron chi connectivity index (χ3n) is 10.1. The smallest absolute Gasteiger partial charge is 0.148 e. The highest BCUT2D eigenvalue weighted by Gasteiger charge is 2.31. The minimum atomic E-state index is 0.206. The number of rotatable bonds is 8. The predicted molar refractivity (Wildman–Crippen MR) is 229 cm³/mol. The van der Waals surface area contributed by atoms with Crippen LogP contribution in [-0.2, 0) is 0 Å². The normalized spacial score (nSPS) is 11.3. The molecule has 0 atom stereocenters. The number of thiophene rings is 3. The Morgan fingerprint density at radius 2 is 0.660 bits per heavy atom. The second-order valence-electron chi connectivity index (χ2n) is 14.3. The van der Waals surface area contributed by atoms with Gasteiger partial charge in [-0.15, -0.1) is 34.0 Å². The van der Waals surface area contributed by atoms with E-state index in [9.17, 15) is 0 Å². The highest BCUT2D eigenvalue weighted by atomic mass is 32.1. The third kappa shape index (κ3) is 6.64. The Labute approximate surface area is 312 Å².